The number of aliphatic hydroxyl groups excluding tert-OH is 1. The van der Waals surface area contributed by atoms with Crippen LogP contribution in [-0.4, -0.2) is 47.0 Å². The number of nitriles is 1. The summed E-state index contributed by atoms with van der Waals surface area (Å²) < 4.78 is 10.8. The normalized spacial score (nSPS) is 15.3. The number of nitrogens with zero attached hydrogens (tertiary/aromatic N) is 3. The van der Waals surface area contributed by atoms with Crippen molar-refractivity contribution >= 4 is 23.6 Å². The number of hydrogen-bond donors (Lipinski definition) is 1. The van der Waals surface area contributed by atoms with Gasteiger partial charge in [0.05, 0.1) is 23.7 Å². The molecule has 0 bridgehead atoms. The van der Waals surface area contributed by atoms with Crippen molar-refractivity contribution in [3.8, 4) is 23.1 Å². The number of ether oxygens (including phenoxy) is 1. The minimum Gasteiger partial charge on any atom is -0.497 e. The lowest BCUT2D eigenvalue weighted by Gasteiger charge is -2.27. The molecule has 2 heterocycles. The Morgan fingerprint density at radius 3 is 2.66 bits per heavy atom. The molecule has 3 rings (SSSR count). The summed E-state index contributed by atoms with van der Waals surface area (Å²) >= 11 is 0. The lowest BCUT2D eigenvalue weighted by Crippen LogP contribution is -2.43. The molecule has 2 amide bonds. The molecular weight excluding hydrogens is 418 g/mol. The van der Waals surface area contributed by atoms with Gasteiger partial charge in [0.1, 0.15) is 28.9 Å². The summed E-state index contributed by atoms with van der Waals surface area (Å²) in [5.41, 5.74) is 0.127. The summed E-state index contributed by atoms with van der Waals surface area (Å²) in [5, 5.41) is 29.9. The van der Waals surface area contributed by atoms with E-state index in [-0.39, 0.29) is 59.1 Å². The van der Waals surface area contributed by atoms with Crippen LogP contribution in [0.4, 0.5) is 5.69 Å². The first-order valence-corrected chi connectivity index (χ1v) is 9.55. The van der Waals surface area contributed by atoms with Gasteiger partial charge in [-0.15, -0.1) is 0 Å². The van der Waals surface area contributed by atoms with Gasteiger partial charge in [0.15, 0.2) is 0 Å². The van der Waals surface area contributed by atoms with E-state index < -0.39 is 16.7 Å². The number of carbonyl (C=O) groups excluding carboxylic acids is 2. The Hall–Kier alpha value is -4.23. The molecule has 0 radical (unpaired) electrons. The number of aliphatic hydroxyl groups is 1. The van der Waals surface area contributed by atoms with Crippen LogP contribution in [0.5, 0.6) is 5.75 Å². The third-order valence-electron chi connectivity index (χ3n) is 4.95. The van der Waals surface area contributed by atoms with E-state index in [1.54, 1.807) is 6.07 Å². The first kappa shape index (κ1) is 22.5. The topological polar surface area (TPSA) is 147 Å². The van der Waals surface area contributed by atoms with Crippen LogP contribution < -0.4 is 4.74 Å². The van der Waals surface area contributed by atoms with Crippen molar-refractivity contribution in [2.75, 3.05) is 20.3 Å². The summed E-state index contributed by atoms with van der Waals surface area (Å²) in [5.74, 6) is -0.603. The van der Waals surface area contributed by atoms with Gasteiger partial charge in [-0.1, -0.05) is 0 Å². The van der Waals surface area contributed by atoms with Crippen LogP contribution in [0.15, 0.2) is 51.5 Å². The van der Waals surface area contributed by atoms with E-state index >= 15 is 0 Å². The van der Waals surface area contributed by atoms with Crippen molar-refractivity contribution in [3.63, 3.8) is 0 Å². The Kier molecular flexibility index (Phi) is 6.51. The molecule has 0 saturated carbocycles. The molecule has 32 heavy (non-hydrogen) atoms. The molecule has 0 unspecified atom stereocenters. The van der Waals surface area contributed by atoms with E-state index in [4.69, 9.17) is 14.3 Å². The summed E-state index contributed by atoms with van der Waals surface area (Å²) in [6, 6.07) is 9.20. The van der Waals surface area contributed by atoms with E-state index in [0.29, 0.717) is 5.75 Å². The number of carbonyl (C=O) groups is 2. The number of furan rings is 1. The molecule has 10 nitrogen and oxygen atoms in total. The fourth-order valence-electron chi connectivity index (χ4n) is 3.28. The number of hydrogen-bond acceptors (Lipinski definition) is 8. The molecule has 0 saturated heterocycles. The van der Waals surface area contributed by atoms with Crippen molar-refractivity contribution in [1.82, 2.24) is 4.90 Å². The Balaban J connectivity index is 2.04. The third kappa shape index (κ3) is 4.14. The lowest BCUT2D eigenvalue weighted by atomic mass is 9.94. The number of nitro groups is 1. The molecule has 0 spiro atoms. The van der Waals surface area contributed by atoms with Gasteiger partial charge in [-0.25, -0.2) is 0 Å². The largest absolute Gasteiger partial charge is 0.497 e. The molecule has 1 N–H and O–H groups in total. The highest BCUT2D eigenvalue weighted by Crippen LogP contribution is 2.35. The maximum Gasteiger partial charge on any atom is 0.284 e. The van der Waals surface area contributed by atoms with Crippen molar-refractivity contribution in [2.24, 2.45) is 0 Å². The van der Waals surface area contributed by atoms with Gasteiger partial charge < -0.3 is 14.3 Å². The minimum atomic E-state index is -0.713. The van der Waals surface area contributed by atoms with Crippen LogP contribution in [0.2, 0.25) is 0 Å². The Bertz CT molecular complexity index is 1200. The molecule has 1 aliphatic rings. The van der Waals surface area contributed by atoms with E-state index in [1.807, 2.05) is 6.07 Å². The van der Waals surface area contributed by atoms with Crippen LogP contribution in [0, 0.1) is 21.4 Å². The SMILES string of the molecule is COc1ccc(-c2ccc(C=C3C(=O)N(CCCO)C(=O)C(C#N)=C3C)o2)c([N+](=O)[O-])c1. The Morgan fingerprint density at radius 2 is 2.03 bits per heavy atom. The van der Waals surface area contributed by atoms with E-state index in [2.05, 4.69) is 0 Å². The first-order valence-electron chi connectivity index (χ1n) is 9.55. The van der Waals surface area contributed by atoms with Gasteiger partial charge in [0, 0.05) is 18.7 Å². The van der Waals surface area contributed by atoms with Crippen LogP contribution in [-0.2, 0) is 9.59 Å². The molecule has 1 aromatic carbocycles. The maximum absolute atomic E-state index is 12.9. The third-order valence-corrected chi connectivity index (χ3v) is 4.95. The molecule has 0 fully saturated rings. The summed E-state index contributed by atoms with van der Waals surface area (Å²) in [6.45, 7) is 1.23. The second-order valence-corrected chi connectivity index (χ2v) is 6.85. The lowest BCUT2D eigenvalue weighted by molar-refractivity contribution is -0.384. The van der Waals surface area contributed by atoms with Crippen molar-refractivity contribution in [1.29, 1.82) is 5.26 Å². The van der Waals surface area contributed by atoms with Gasteiger partial charge in [-0.3, -0.25) is 24.6 Å². The zero-order valence-corrected chi connectivity index (χ0v) is 17.3. The fraction of sp³-hybridized carbons (Fsp3) is 0.227. The van der Waals surface area contributed by atoms with Gasteiger partial charge in [0.25, 0.3) is 17.5 Å². The van der Waals surface area contributed by atoms with Crippen molar-refractivity contribution < 1.29 is 28.8 Å². The molecule has 2 aromatic rings. The summed E-state index contributed by atoms with van der Waals surface area (Å²) in [4.78, 5) is 37.1. The highest BCUT2D eigenvalue weighted by Gasteiger charge is 2.35. The van der Waals surface area contributed by atoms with E-state index in [1.165, 1.54) is 44.4 Å². The zero-order chi connectivity index (χ0) is 23.4. The van der Waals surface area contributed by atoms with Gasteiger partial charge >= 0.3 is 0 Å². The average Bonchev–Trinajstić information content (AvgIpc) is 3.25. The molecule has 1 aromatic heterocycles. The van der Waals surface area contributed by atoms with Crippen LogP contribution in [0.3, 0.4) is 0 Å². The number of amides is 2. The Morgan fingerprint density at radius 1 is 1.28 bits per heavy atom. The van der Waals surface area contributed by atoms with Crippen LogP contribution in [0.1, 0.15) is 19.1 Å². The van der Waals surface area contributed by atoms with E-state index in [9.17, 15) is 25.0 Å². The molecule has 0 atom stereocenters. The van der Waals surface area contributed by atoms with Crippen LogP contribution >= 0.6 is 0 Å². The minimum absolute atomic E-state index is 0.0363. The maximum atomic E-state index is 12.9. The second-order valence-electron chi connectivity index (χ2n) is 6.85. The zero-order valence-electron chi connectivity index (χ0n) is 17.3. The van der Waals surface area contributed by atoms with E-state index in [0.717, 1.165) is 4.90 Å². The summed E-state index contributed by atoms with van der Waals surface area (Å²) in [6.07, 6.45) is 1.56. The average molecular weight is 437 g/mol. The number of benzene rings is 1. The van der Waals surface area contributed by atoms with Gasteiger partial charge in [0.2, 0.25) is 0 Å². The monoisotopic (exact) mass is 437 g/mol. The number of nitro benzene ring substituents is 1. The predicted octanol–water partition coefficient (Wildman–Crippen LogP) is 2.84. The quantitative estimate of drug-likeness (QED) is 0.301. The van der Waals surface area contributed by atoms with Gasteiger partial charge in [-0.2, -0.15) is 5.26 Å². The molecular formula is C22H19N3O7. The van der Waals surface area contributed by atoms with Crippen molar-refractivity contribution in [3.05, 3.63) is 62.9 Å². The predicted molar refractivity (Wildman–Crippen MR) is 112 cm³/mol. The Labute approximate surface area is 182 Å². The van der Waals surface area contributed by atoms with Gasteiger partial charge in [-0.05, 0) is 49.3 Å². The molecule has 1 aliphatic heterocycles. The first-order chi connectivity index (χ1) is 15.3. The molecule has 0 aliphatic carbocycles. The second kappa shape index (κ2) is 9.28. The highest BCUT2D eigenvalue weighted by molar-refractivity contribution is 6.19. The number of rotatable bonds is 7. The smallest absolute Gasteiger partial charge is 0.284 e. The standard InChI is InChI=1S/C22H19N3O7/c1-13-17(21(27)24(8-3-9-26)22(28)18(13)12-23)10-15-5-7-20(32-15)16-6-4-14(31-2)11-19(16)25(29)30/h4-7,10-11,26H,3,8-9H2,1-2H3. The number of imide groups is 1. The van der Waals surface area contributed by atoms with Crippen LogP contribution in [0.25, 0.3) is 17.4 Å². The molecule has 164 valence electrons. The molecule has 10 heteroatoms. The fourth-order valence-corrected chi connectivity index (χ4v) is 3.28. The summed E-state index contributed by atoms with van der Waals surface area (Å²) in [7, 11) is 1.40. The number of methoxy groups -OCH3 is 1. The van der Waals surface area contributed by atoms with Crippen molar-refractivity contribution in [2.45, 2.75) is 13.3 Å². The highest BCUT2D eigenvalue weighted by atomic mass is 16.6.